The number of nitrogens with zero attached hydrogens (tertiary/aromatic N) is 2. The number of rotatable bonds is 1. The normalized spacial score (nSPS) is 10.4. The highest BCUT2D eigenvalue weighted by atomic mass is 19.1. The van der Waals surface area contributed by atoms with Crippen molar-refractivity contribution in [2.75, 3.05) is 12.8 Å². The number of carbonyl (C=O) groups excluding carboxylic acids is 1. The first-order valence-electron chi connectivity index (χ1n) is 4.42. The summed E-state index contributed by atoms with van der Waals surface area (Å²) in [4.78, 5) is 18.7. The van der Waals surface area contributed by atoms with Gasteiger partial charge in [-0.05, 0) is 12.1 Å². The van der Waals surface area contributed by atoms with Crippen molar-refractivity contribution >= 4 is 22.8 Å². The maximum Gasteiger partial charge on any atom is 0.338 e. The van der Waals surface area contributed by atoms with E-state index in [4.69, 9.17) is 5.73 Å². The van der Waals surface area contributed by atoms with Gasteiger partial charge in [-0.15, -0.1) is 0 Å². The van der Waals surface area contributed by atoms with Crippen LogP contribution in [0.4, 0.5) is 10.3 Å². The fraction of sp³-hybridized carbons (Fsp3) is 0.100. The number of methoxy groups -OCH3 is 1. The van der Waals surface area contributed by atoms with Crippen molar-refractivity contribution in [1.82, 2.24) is 9.97 Å². The summed E-state index contributed by atoms with van der Waals surface area (Å²) < 4.78 is 18.0. The molecule has 6 heteroatoms. The van der Waals surface area contributed by atoms with Crippen molar-refractivity contribution in [2.45, 2.75) is 0 Å². The summed E-state index contributed by atoms with van der Waals surface area (Å²) in [6.07, 6.45) is 1.27. The lowest BCUT2D eigenvalue weighted by Gasteiger charge is -2.03. The van der Waals surface area contributed by atoms with E-state index in [1.165, 1.54) is 19.4 Å². The fourth-order valence-electron chi connectivity index (χ4n) is 1.34. The number of benzene rings is 1. The molecule has 1 aromatic heterocycles. The zero-order valence-corrected chi connectivity index (χ0v) is 8.40. The van der Waals surface area contributed by atoms with Crippen molar-refractivity contribution in [1.29, 1.82) is 0 Å². The molecule has 0 amide bonds. The molecule has 0 aliphatic rings. The Bertz CT molecular complexity index is 571. The number of hydrogen-bond acceptors (Lipinski definition) is 5. The van der Waals surface area contributed by atoms with Gasteiger partial charge in [0.25, 0.3) is 0 Å². The van der Waals surface area contributed by atoms with Crippen LogP contribution in [-0.2, 0) is 4.74 Å². The highest BCUT2D eigenvalue weighted by Crippen LogP contribution is 2.18. The molecule has 0 atom stereocenters. The van der Waals surface area contributed by atoms with E-state index >= 15 is 0 Å². The van der Waals surface area contributed by atoms with Crippen LogP contribution in [0.15, 0.2) is 18.3 Å². The van der Waals surface area contributed by atoms with Crippen LogP contribution in [0.3, 0.4) is 0 Å². The van der Waals surface area contributed by atoms with Crippen molar-refractivity contribution in [3.63, 3.8) is 0 Å². The van der Waals surface area contributed by atoms with E-state index < -0.39 is 11.8 Å². The van der Waals surface area contributed by atoms with Crippen molar-refractivity contribution in [3.05, 3.63) is 29.7 Å². The van der Waals surface area contributed by atoms with Gasteiger partial charge in [0.2, 0.25) is 5.95 Å². The Morgan fingerprint density at radius 2 is 2.25 bits per heavy atom. The van der Waals surface area contributed by atoms with Gasteiger partial charge in [0.1, 0.15) is 5.82 Å². The number of esters is 1. The van der Waals surface area contributed by atoms with Gasteiger partial charge in [0, 0.05) is 6.20 Å². The monoisotopic (exact) mass is 221 g/mol. The summed E-state index contributed by atoms with van der Waals surface area (Å²) in [5.41, 5.74) is 5.73. The molecule has 2 rings (SSSR count). The van der Waals surface area contributed by atoms with Gasteiger partial charge in [-0.3, -0.25) is 0 Å². The third-order valence-electron chi connectivity index (χ3n) is 2.09. The SMILES string of the molecule is COC(=O)c1cc(F)c2cnc(N)nc2c1. The number of hydrogen-bond donors (Lipinski definition) is 1. The van der Waals surface area contributed by atoms with Crippen LogP contribution in [0.25, 0.3) is 10.9 Å². The molecule has 5 nitrogen and oxygen atoms in total. The molecular formula is C10H8FN3O2. The molecule has 2 N–H and O–H groups in total. The lowest BCUT2D eigenvalue weighted by atomic mass is 10.1. The summed E-state index contributed by atoms with van der Waals surface area (Å²) in [7, 11) is 1.22. The average Bonchev–Trinajstić information content (AvgIpc) is 2.27. The van der Waals surface area contributed by atoms with E-state index in [1.54, 1.807) is 0 Å². The van der Waals surface area contributed by atoms with E-state index in [9.17, 15) is 9.18 Å². The van der Waals surface area contributed by atoms with E-state index in [1.807, 2.05) is 0 Å². The molecule has 0 aliphatic carbocycles. The minimum atomic E-state index is -0.627. The number of carbonyl (C=O) groups is 1. The molecule has 0 spiro atoms. The Morgan fingerprint density at radius 1 is 1.50 bits per heavy atom. The highest BCUT2D eigenvalue weighted by molar-refractivity contribution is 5.94. The Hall–Kier alpha value is -2.24. The Labute approximate surface area is 90.1 Å². The number of nitrogens with two attached hydrogens (primary N) is 1. The topological polar surface area (TPSA) is 78.1 Å². The summed E-state index contributed by atoms with van der Waals surface area (Å²) in [5, 5.41) is 0.210. The second-order valence-corrected chi connectivity index (χ2v) is 3.11. The first kappa shape index (κ1) is 10.3. The zero-order chi connectivity index (χ0) is 11.7. The minimum absolute atomic E-state index is 0.0221. The minimum Gasteiger partial charge on any atom is -0.465 e. The first-order chi connectivity index (χ1) is 7.61. The molecule has 1 heterocycles. The van der Waals surface area contributed by atoms with Gasteiger partial charge < -0.3 is 10.5 Å². The molecule has 0 fully saturated rings. The molecule has 16 heavy (non-hydrogen) atoms. The fourth-order valence-corrected chi connectivity index (χ4v) is 1.34. The van der Waals surface area contributed by atoms with Gasteiger partial charge in [-0.1, -0.05) is 0 Å². The first-order valence-corrected chi connectivity index (χ1v) is 4.42. The Morgan fingerprint density at radius 3 is 2.94 bits per heavy atom. The van der Waals surface area contributed by atoms with E-state index in [2.05, 4.69) is 14.7 Å². The molecule has 0 radical (unpaired) electrons. The van der Waals surface area contributed by atoms with Crippen LogP contribution in [0, 0.1) is 5.82 Å². The van der Waals surface area contributed by atoms with E-state index in [-0.39, 0.29) is 22.4 Å². The predicted octanol–water partition coefficient (Wildman–Crippen LogP) is 1.14. The lowest BCUT2D eigenvalue weighted by Crippen LogP contribution is -2.03. The smallest absolute Gasteiger partial charge is 0.338 e. The van der Waals surface area contributed by atoms with E-state index in [0.29, 0.717) is 0 Å². The summed E-state index contributed by atoms with van der Waals surface area (Å²) in [5.74, 6) is -1.19. The van der Waals surface area contributed by atoms with Gasteiger partial charge >= 0.3 is 5.97 Å². The number of ether oxygens (including phenoxy) is 1. The average molecular weight is 221 g/mol. The molecule has 0 saturated carbocycles. The van der Waals surface area contributed by atoms with Gasteiger partial charge in [-0.2, -0.15) is 0 Å². The Balaban J connectivity index is 2.69. The summed E-state index contributed by atoms with van der Waals surface area (Å²) >= 11 is 0. The van der Waals surface area contributed by atoms with Crippen molar-refractivity contribution < 1.29 is 13.9 Å². The Kier molecular flexibility index (Phi) is 2.40. The molecule has 2 aromatic rings. The maximum absolute atomic E-state index is 13.5. The second kappa shape index (κ2) is 3.73. The summed E-state index contributed by atoms with van der Waals surface area (Å²) in [6, 6.07) is 2.48. The maximum atomic E-state index is 13.5. The molecule has 0 aliphatic heterocycles. The predicted molar refractivity (Wildman–Crippen MR) is 55.2 cm³/mol. The van der Waals surface area contributed by atoms with Crippen LogP contribution < -0.4 is 5.73 Å². The van der Waals surface area contributed by atoms with Crippen molar-refractivity contribution in [3.8, 4) is 0 Å². The number of halogens is 1. The molecule has 1 aromatic carbocycles. The van der Waals surface area contributed by atoms with Crippen LogP contribution in [0.2, 0.25) is 0 Å². The van der Waals surface area contributed by atoms with E-state index in [0.717, 1.165) is 6.07 Å². The van der Waals surface area contributed by atoms with Crippen LogP contribution in [0.5, 0.6) is 0 Å². The van der Waals surface area contributed by atoms with Crippen LogP contribution >= 0.6 is 0 Å². The third kappa shape index (κ3) is 1.65. The quantitative estimate of drug-likeness (QED) is 0.730. The second-order valence-electron chi connectivity index (χ2n) is 3.11. The number of aromatic nitrogens is 2. The molecular weight excluding hydrogens is 213 g/mol. The zero-order valence-electron chi connectivity index (χ0n) is 8.40. The molecule has 82 valence electrons. The van der Waals surface area contributed by atoms with Crippen LogP contribution in [-0.4, -0.2) is 23.0 Å². The number of nitrogen functional groups attached to an aromatic ring is 1. The van der Waals surface area contributed by atoms with Crippen LogP contribution in [0.1, 0.15) is 10.4 Å². The van der Waals surface area contributed by atoms with Crippen molar-refractivity contribution in [2.24, 2.45) is 0 Å². The van der Waals surface area contributed by atoms with Gasteiger partial charge in [-0.25, -0.2) is 19.2 Å². The van der Waals surface area contributed by atoms with Gasteiger partial charge in [0.05, 0.1) is 23.6 Å². The highest BCUT2D eigenvalue weighted by Gasteiger charge is 2.11. The molecule has 0 saturated heterocycles. The largest absolute Gasteiger partial charge is 0.465 e. The number of fused-ring (bicyclic) bond motifs is 1. The molecule has 0 unspecified atom stereocenters. The van der Waals surface area contributed by atoms with Gasteiger partial charge in [0.15, 0.2) is 0 Å². The lowest BCUT2D eigenvalue weighted by molar-refractivity contribution is 0.0600. The molecule has 0 bridgehead atoms. The number of anilines is 1. The summed E-state index contributed by atoms with van der Waals surface area (Å²) in [6.45, 7) is 0. The standard InChI is InChI=1S/C10H8FN3O2/c1-16-9(15)5-2-7(11)6-4-13-10(12)14-8(6)3-5/h2-4H,1H3,(H2,12,13,14). The third-order valence-corrected chi connectivity index (χ3v) is 2.09.